The fourth-order valence-electron chi connectivity index (χ4n) is 1.73. The highest BCUT2D eigenvalue weighted by Crippen LogP contribution is 2.15. The highest BCUT2D eigenvalue weighted by molar-refractivity contribution is 7.91. The highest BCUT2D eigenvalue weighted by Gasteiger charge is 2.27. The Morgan fingerprint density at radius 2 is 1.74 bits per heavy atom. The van der Waals surface area contributed by atoms with E-state index < -0.39 is 19.9 Å². The number of aromatic nitrogens is 2. The van der Waals surface area contributed by atoms with Crippen LogP contribution in [0.3, 0.4) is 0 Å². The first kappa shape index (κ1) is 14.6. The summed E-state index contributed by atoms with van der Waals surface area (Å²) in [4.78, 5) is 7.11. The molecule has 1 saturated heterocycles. The second kappa shape index (κ2) is 5.31. The average Bonchev–Trinajstić information content (AvgIpc) is 2.32. The molecule has 0 saturated carbocycles. The Hall–Kier alpha value is -0.770. The van der Waals surface area contributed by atoms with Gasteiger partial charge in [0.05, 0.1) is 23.9 Å². The highest BCUT2D eigenvalue weighted by atomic mass is 35.5. The Kier molecular flexibility index (Phi) is 4.09. The number of hydrogen-bond acceptors (Lipinski definition) is 6. The third-order valence-electron chi connectivity index (χ3n) is 2.78. The van der Waals surface area contributed by atoms with Gasteiger partial charge in [-0.2, -0.15) is 0 Å². The zero-order valence-electron chi connectivity index (χ0n) is 9.78. The van der Waals surface area contributed by atoms with Crippen molar-refractivity contribution < 1.29 is 16.8 Å². The van der Waals surface area contributed by atoms with E-state index in [9.17, 15) is 16.8 Å². The molecule has 7 nitrogen and oxygen atoms in total. The van der Waals surface area contributed by atoms with Gasteiger partial charge in [-0.1, -0.05) is 0 Å². The van der Waals surface area contributed by atoms with Crippen molar-refractivity contribution in [2.75, 3.05) is 11.5 Å². The van der Waals surface area contributed by atoms with Crippen molar-refractivity contribution in [3.63, 3.8) is 0 Å². The van der Waals surface area contributed by atoms with Crippen LogP contribution in [-0.2, 0) is 19.9 Å². The van der Waals surface area contributed by atoms with Gasteiger partial charge in [0.1, 0.15) is 14.7 Å². The number of hydrogen-bond donors (Lipinski definition) is 1. The first-order valence-corrected chi connectivity index (χ1v) is 9.17. The molecule has 2 rings (SSSR count). The van der Waals surface area contributed by atoms with Crippen molar-refractivity contribution in [1.29, 1.82) is 0 Å². The number of rotatable bonds is 3. The van der Waals surface area contributed by atoms with E-state index in [0.717, 1.165) is 12.4 Å². The molecule has 0 spiro atoms. The molecule has 0 unspecified atom stereocenters. The van der Waals surface area contributed by atoms with E-state index in [1.54, 1.807) is 0 Å². The largest absolute Gasteiger partial charge is 0.243 e. The molecule has 0 bridgehead atoms. The summed E-state index contributed by atoms with van der Waals surface area (Å²) in [5.74, 6) is -0.00535. The van der Waals surface area contributed by atoms with Crippen molar-refractivity contribution in [1.82, 2.24) is 14.7 Å². The number of nitrogens with one attached hydrogen (secondary N) is 1. The van der Waals surface area contributed by atoms with Crippen LogP contribution >= 0.6 is 11.6 Å². The van der Waals surface area contributed by atoms with Gasteiger partial charge in [-0.05, 0) is 24.4 Å². The molecule has 0 atom stereocenters. The van der Waals surface area contributed by atoms with Gasteiger partial charge in [-0.25, -0.2) is 31.5 Å². The minimum atomic E-state index is -3.74. The number of halogens is 1. The second-order valence-electron chi connectivity index (χ2n) is 4.24. The Morgan fingerprint density at radius 3 is 2.26 bits per heavy atom. The molecule has 19 heavy (non-hydrogen) atoms. The molecule has 0 amide bonds. The summed E-state index contributed by atoms with van der Waals surface area (Å²) in [6.07, 6.45) is 2.76. The number of sulfonamides is 1. The van der Waals surface area contributed by atoms with E-state index in [0.29, 0.717) is 0 Å². The lowest BCUT2D eigenvalue weighted by molar-refractivity contribution is 0.505. The quantitative estimate of drug-likeness (QED) is 0.783. The molecular formula is C9H12ClN3O4S2. The standard InChI is InChI=1S/C9H12ClN3O4S2/c10-9-11-5-8(6-12-9)19(16,17)13-7-1-3-18(14,15)4-2-7/h5-7,13H,1-4H2. The van der Waals surface area contributed by atoms with Crippen molar-refractivity contribution in [3.8, 4) is 0 Å². The van der Waals surface area contributed by atoms with Crippen molar-refractivity contribution in [3.05, 3.63) is 17.7 Å². The monoisotopic (exact) mass is 325 g/mol. The summed E-state index contributed by atoms with van der Waals surface area (Å²) < 4.78 is 48.9. The first-order chi connectivity index (χ1) is 8.78. The van der Waals surface area contributed by atoms with Crippen LogP contribution < -0.4 is 4.72 Å². The SMILES string of the molecule is O=S1(=O)CCC(NS(=O)(=O)c2cnc(Cl)nc2)CC1. The maximum atomic E-state index is 12.0. The lowest BCUT2D eigenvalue weighted by atomic mass is 10.2. The lowest BCUT2D eigenvalue weighted by Gasteiger charge is -2.22. The van der Waals surface area contributed by atoms with Gasteiger partial charge in [-0.15, -0.1) is 0 Å². The van der Waals surface area contributed by atoms with Gasteiger partial charge in [0.15, 0.2) is 0 Å². The van der Waals surface area contributed by atoms with Crippen LogP contribution in [0.15, 0.2) is 17.3 Å². The minimum absolute atomic E-state index is 0.00267. The molecule has 10 heteroatoms. The van der Waals surface area contributed by atoms with Gasteiger partial charge >= 0.3 is 0 Å². The zero-order chi connectivity index (χ0) is 14.1. The van der Waals surface area contributed by atoms with Crippen LogP contribution in [0.2, 0.25) is 5.28 Å². The van der Waals surface area contributed by atoms with E-state index in [2.05, 4.69) is 14.7 Å². The summed E-state index contributed by atoms with van der Waals surface area (Å²) in [5, 5.41) is -0.0392. The Labute approximate surface area is 116 Å². The molecule has 1 aromatic rings. The summed E-state index contributed by atoms with van der Waals surface area (Å²) in [7, 11) is -6.76. The molecule has 106 valence electrons. The molecule has 1 aliphatic heterocycles. The van der Waals surface area contributed by atoms with E-state index >= 15 is 0 Å². The van der Waals surface area contributed by atoms with Gasteiger partial charge in [-0.3, -0.25) is 0 Å². The lowest BCUT2D eigenvalue weighted by Crippen LogP contribution is -2.40. The fourth-order valence-corrected chi connectivity index (χ4v) is 4.52. The van der Waals surface area contributed by atoms with Crippen LogP contribution in [0.25, 0.3) is 0 Å². The average molecular weight is 326 g/mol. The summed E-state index contributed by atoms with van der Waals surface area (Å²) in [6, 6.07) is -0.385. The second-order valence-corrected chi connectivity index (χ2v) is 8.59. The molecule has 1 aliphatic rings. The Bertz CT molecular complexity index is 643. The summed E-state index contributed by atoms with van der Waals surface area (Å²) in [5.41, 5.74) is 0. The third kappa shape index (κ3) is 3.85. The smallest absolute Gasteiger partial charge is 0.229 e. The van der Waals surface area contributed by atoms with Crippen molar-refractivity contribution in [2.45, 2.75) is 23.8 Å². The maximum Gasteiger partial charge on any atom is 0.243 e. The molecule has 1 N–H and O–H groups in total. The van der Waals surface area contributed by atoms with Gasteiger partial charge < -0.3 is 0 Å². The van der Waals surface area contributed by atoms with Gasteiger partial charge in [0, 0.05) is 6.04 Å². The zero-order valence-corrected chi connectivity index (χ0v) is 12.2. The number of sulfone groups is 1. The molecular weight excluding hydrogens is 314 g/mol. The van der Waals surface area contributed by atoms with Crippen molar-refractivity contribution >= 4 is 31.5 Å². The molecule has 1 fully saturated rings. The first-order valence-electron chi connectivity index (χ1n) is 5.49. The normalized spacial score (nSPS) is 20.3. The third-order valence-corrected chi connectivity index (χ3v) is 6.17. The fraction of sp³-hybridized carbons (Fsp3) is 0.556. The molecule has 0 aliphatic carbocycles. The van der Waals surface area contributed by atoms with Crippen LogP contribution in [-0.4, -0.2) is 44.4 Å². The van der Waals surface area contributed by atoms with Crippen LogP contribution in [0.4, 0.5) is 0 Å². The molecule has 1 aromatic heterocycles. The number of nitrogens with zero attached hydrogens (tertiary/aromatic N) is 2. The van der Waals surface area contributed by atoms with Gasteiger partial charge in [0.2, 0.25) is 15.3 Å². The van der Waals surface area contributed by atoms with E-state index in [4.69, 9.17) is 11.6 Å². The molecule has 2 heterocycles. The van der Waals surface area contributed by atoms with Crippen LogP contribution in [0.5, 0.6) is 0 Å². The van der Waals surface area contributed by atoms with Gasteiger partial charge in [0.25, 0.3) is 0 Å². The predicted molar refractivity (Wildman–Crippen MR) is 69.0 cm³/mol. The minimum Gasteiger partial charge on any atom is -0.229 e. The topological polar surface area (TPSA) is 106 Å². The van der Waals surface area contributed by atoms with E-state index in [1.165, 1.54) is 0 Å². The predicted octanol–water partition coefficient (Wildman–Crippen LogP) is -0.0145. The van der Waals surface area contributed by atoms with Crippen molar-refractivity contribution in [2.24, 2.45) is 0 Å². The Balaban J connectivity index is 2.08. The molecule has 0 radical (unpaired) electrons. The van der Waals surface area contributed by atoms with Crippen LogP contribution in [0, 0.1) is 0 Å². The maximum absolute atomic E-state index is 12.0. The van der Waals surface area contributed by atoms with E-state index in [1.807, 2.05) is 0 Å². The van der Waals surface area contributed by atoms with E-state index in [-0.39, 0.29) is 40.6 Å². The molecule has 0 aromatic carbocycles. The summed E-state index contributed by atoms with van der Waals surface area (Å²) >= 11 is 5.48. The summed E-state index contributed by atoms with van der Waals surface area (Å²) in [6.45, 7) is 0. The Morgan fingerprint density at radius 1 is 1.21 bits per heavy atom. The van der Waals surface area contributed by atoms with Crippen LogP contribution in [0.1, 0.15) is 12.8 Å².